The molecule has 0 bridgehead atoms. The topological polar surface area (TPSA) is 68.0 Å². The van der Waals surface area contributed by atoms with Crippen LogP contribution in [0.2, 0.25) is 0 Å². The van der Waals surface area contributed by atoms with Crippen molar-refractivity contribution in [3.63, 3.8) is 0 Å². The Morgan fingerprint density at radius 2 is 1.76 bits per heavy atom. The number of aromatic nitrogens is 1. The van der Waals surface area contributed by atoms with E-state index in [0.29, 0.717) is 5.56 Å². The number of nitrogens with one attached hydrogen (secondary N) is 1. The molecule has 1 amide bonds. The molecule has 0 fully saturated rings. The number of pyridine rings is 1. The average molecular weight is 349 g/mol. The molecule has 0 saturated carbocycles. The summed E-state index contributed by atoms with van der Waals surface area (Å²) in [6.07, 6.45) is 0. The highest BCUT2D eigenvalue weighted by atomic mass is 32.2. The van der Waals surface area contributed by atoms with E-state index in [-0.39, 0.29) is 11.7 Å². The molecule has 5 heteroatoms. The summed E-state index contributed by atoms with van der Waals surface area (Å²) in [6, 6.07) is 19.6. The lowest BCUT2D eigenvalue weighted by molar-refractivity contribution is 0.102. The maximum Gasteiger partial charge on any atom is 0.259 e. The lowest BCUT2D eigenvalue weighted by Crippen LogP contribution is -2.15. The molecule has 0 aliphatic carbocycles. The number of aryl methyl sites for hydroxylation is 2. The van der Waals surface area contributed by atoms with Gasteiger partial charge in [0.05, 0.1) is 5.56 Å². The molecule has 126 valence electrons. The van der Waals surface area contributed by atoms with Gasteiger partial charge in [-0.05, 0) is 62.4 Å². The van der Waals surface area contributed by atoms with Crippen LogP contribution in [0.5, 0.6) is 0 Å². The van der Waals surface area contributed by atoms with Crippen LogP contribution >= 0.6 is 11.8 Å². The van der Waals surface area contributed by atoms with Crippen LogP contribution in [0.25, 0.3) is 0 Å². The molecule has 0 aliphatic heterocycles. The highest BCUT2D eigenvalue weighted by molar-refractivity contribution is 7.99. The molecule has 0 spiro atoms. The van der Waals surface area contributed by atoms with Gasteiger partial charge in [0, 0.05) is 21.2 Å². The quantitative estimate of drug-likeness (QED) is 0.717. The molecule has 0 radical (unpaired) electrons. The van der Waals surface area contributed by atoms with E-state index in [0.717, 1.165) is 16.3 Å². The monoisotopic (exact) mass is 349 g/mol. The second kappa shape index (κ2) is 7.40. The van der Waals surface area contributed by atoms with Crippen LogP contribution in [0.15, 0.2) is 70.5 Å². The molecule has 25 heavy (non-hydrogen) atoms. The van der Waals surface area contributed by atoms with Gasteiger partial charge in [-0.25, -0.2) is 4.98 Å². The Bertz CT molecular complexity index is 907. The standard InChI is InChI=1S/C20H19N3OS/c1-13-4-3-5-17(12-13)25-16-9-7-15(8-10-16)23-20(24)18-11-6-14(2)22-19(18)21/h3-12H,1-2H3,(H2,21,22)(H,23,24). The van der Waals surface area contributed by atoms with Crippen molar-refractivity contribution in [1.82, 2.24) is 4.98 Å². The Morgan fingerprint density at radius 1 is 1.00 bits per heavy atom. The summed E-state index contributed by atoms with van der Waals surface area (Å²) in [5, 5.41) is 2.85. The van der Waals surface area contributed by atoms with Crippen LogP contribution in [0.1, 0.15) is 21.6 Å². The van der Waals surface area contributed by atoms with E-state index in [1.165, 1.54) is 10.5 Å². The van der Waals surface area contributed by atoms with Gasteiger partial charge in [0.15, 0.2) is 0 Å². The van der Waals surface area contributed by atoms with Gasteiger partial charge in [-0.1, -0.05) is 29.5 Å². The van der Waals surface area contributed by atoms with Crippen molar-refractivity contribution in [2.75, 3.05) is 11.1 Å². The number of rotatable bonds is 4. The first-order valence-corrected chi connectivity index (χ1v) is 8.72. The fourth-order valence-electron chi connectivity index (χ4n) is 2.39. The molecule has 0 aliphatic rings. The lowest BCUT2D eigenvalue weighted by Gasteiger charge is -2.08. The number of carbonyl (C=O) groups excluding carboxylic acids is 1. The maximum atomic E-state index is 12.3. The van der Waals surface area contributed by atoms with Crippen LogP contribution in [-0.2, 0) is 0 Å². The minimum absolute atomic E-state index is 0.240. The SMILES string of the molecule is Cc1cccc(Sc2ccc(NC(=O)c3ccc(C)nc3N)cc2)c1. The summed E-state index contributed by atoms with van der Waals surface area (Å²) in [4.78, 5) is 18.7. The number of nitrogens with zero attached hydrogens (tertiary/aromatic N) is 1. The van der Waals surface area contributed by atoms with Crippen LogP contribution in [0.4, 0.5) is 11.5 Å². The number of amides is 1. The molecule has 4 nitrogen and oxygen atoms in total. The van der Waals surface area contributed by atoms with E-state index < -0.39 is 0 Å². The smallest absolute Gasteiger partial charge is 0.259 e. The summed E-state index contributed by atoms with van der Waals surface area (Å²) < 4.78 is 0. The Kier molecular flexibility index (Phi) is 5.05. The average Bonchev–Trinajstić information content (AvgIpc) is 2.56. The van der Waals surface area contributed by atoms with Crippen molar-refractivity contribution in [1.29, 1.82) is 0 Å². The zero-order valence-corrected chi connectivity index (χ0v) is 14.9. The van der Waals surface area contributed by atoms with E-state index in [4.69, 9.17) is 5.73 Å². The van der Waals surface area contributed by atoms with E-state index in [9.17, 15) is 4.79 Å². The largest absolute Gasteiger partial charge is 0.383 e. The fourth-order valence-corrected chi connectivity index (χ4v) is 3.32. The predicted octanol–water partition coefficient (Wildman–Crippen LogP) is 4.68. The molecular formula is C20H19N3OS. The van der Waals surface area contributed by atoms with Crippen molar-refractivity contribution in [3.05, 3.63) is 77.5 Å². The number of nitrogen functional groups attached to an aromatic ring is 1. The van der Waals surface area contributed by atoms with Gasteiger partial charge >= 0.3 is 0 Å². The summed E-state index contributed by atoms with van der Waals surface area (Å²) in [6.45, 7) is 3.91. The van der Waals surface area contributed by atoms with Crippen molar-refractivity contribution >= 4 is 29.2 Å². The van der Waals surface area contributed by atoms with E-state index in [2.05, 4.69) is 35.4 Å². The highest BCUT2D eigenvalue weighted by Gasteiger charge is 2.11. The van der Waals surface area contributed by atoms with E-state index >= 15 is 0 Å². The third-order valence-corrected chi connectivity index (χ3v) is 4.64. The van der Waals surface area contributed by atoms with Crippen LogP contribution in [0, 0.1) is 13.8 Å². The number of anilines is 2. The molecule has 3 N–H and O–H groups in total. The zero-order valence-electron chi connectivity index (χ0n) is 14.1. The van der Waals surface area contributed by atoms with E-state index in [1.54, 1.807) is 23.9 Å². The van der Waals surface area contributed by atoms with Gasteiger partial charge in [0.1, 0.15) is 5.82 Å². The first-order chi connectivity index (χ1) is 12.0. The number of hydrogen-bond donors (Lipinski definition) is 2. The third kappa shape index (κ3) is 4.39. The molecule has 1 aromatic heterocycles. The molecule has 0 atom stereocenters. The Hall–Kier alpha value is -2.79. The highest BCUT2D eigenvalue weighted by Crippen LogP contribution is 2.29. The molecular weight excluding hydrogens is 330 g/mol. The summed E-state index contributed by atoms with van der Waals surface area (Å²) >= 11 is 1.69. The first kappa shape index (κ1) is 17.0. The molecule has 0 unspecified atom stereocenters. The maximum absolute atomic E-state index is 12.3. The summed E-state index contributed by atoms with van der Waals surface area (Å²) in [7, 11) is 0. The molecule has 3 rings (SSSR count). The van der Waals surface area contributed by atoms with Gasteiger partial charge in [0.2, 0.25) is 0 Å². The zero-order chi connectivity index (χ0) is 17.8. The second-order valence-corrected chi connectivity index (χ2v) is 6.93. The van der Waals surface area contributed by atoms with Gasteiger partial charge in [-0.2, -0.15) is 0 Å². The number of nitrogens with two attached hydrogens (primary N) is 1. The fraction of sp³-hybridized carbons (Fsp3) is 0.100. The van der Waals surface area contributed by atoms with Crippen molar-refractivity contribution < 1.29 is 4.79 Å². The lowest BCUT2D eigenvalue weighted by atomic mass is 10.2. The minimum atomic E-state index is -0.260. The van der Waals surface area contributed by atoms with Crippen molar-refractivity contribution in [3.8, 4) is 0 Å². The summed E-state index contributed by atoms with van der Waals surface area (Å²) in [5.41, 5.74) is 8.94. The normalized spacial score (nSPS) is 10.5. The predicted molar refractivity (Wildman–Crippen MR) is 103 cm³/mol. The van der Waals surface area contributed by atoms with Crippen molar-refractivity contribution in [2.24, 2.45) is 0 Å². The van der Waals surface area contributed by atoms with Gasteiger partial charge in [-0.3, -0.25) is 4.79 Å². The third-order valence-electron chi connectivity index (χ3n) is 3.65. The Labute approximate surface area is 151 Å². The second-order valence-electron chi connectivity index (χ2n) is 5.78. The van der Waals surface area contributed by atoms with Gasteiger partial charge < -0.3 is 11.1 Å². The van der Waals surface area contributed by atoms with Crippen LogP contribution in [-0.4, -0.2) is 10.9 Å². The van der Waals surface area contributed by atoms with Crippen molar-refractivity contribution in [2.45, 2.75) is 23.6 Å². The molecule has 3 aromatic rings. The molecule has 1 heterocycles. The number of benzene rings is 2. The number of carbonyl (C=O) groups is 1. The van der Waals surface area contributed by atoms with E-state index in [1.807, 2.05) is 37.3 Å². The van der Waals surface area contributed by atoms with Gasteiger partial charge in [-0.15, -0.1) is 0 Å². The molecule has 2 aromatic carbocycles. The number of hydrogen-bond acceptors (Lipinski definition) is 4. The summed E-state index contributed by atoms with van der Waals surface area (Å²) in [5.74, 6) is -0.0202. The molecule has 0 saturated heterocycles. The van der Waals surface area contributed by atoms with Crippen LogP contribution in [0.3, 0.4) is 0 Å². The Morgan fingerprint density at radius 3 is 2.44 bits per heavy atom. The Balaban J connectivity index is 1.69. The van der Waals surface area contributed by atoms with Crippen LogP contribution < -0.4 is 11.1 Å². The van der Waals surface area contributed by atoms with Gasteiger partial charge in [0.25, 0.3) is 5.91 Å². The minimum Gasteiger partial charge on any atom is -0.383 e. The first-order valence-electron chi connectivity index (χ1n) is 7.90.